The number of alkyl halides is 3. The Hall–Kier alpha value is -4.26. The predicted octanol–water partition coefficient (Wildman–Crippen LogP) is 3.18. The number of amidine groups is 1. The first-order chi connectivity index (χ1) is 17.8. The molecular weight excluding hydrogens is 487 g/mol. The number of imidazole rings is 1. The number of ether oxygens (including phenoxy) is 1. The van der Waals surface area contributed by atoms with E-state index in [1.54, 1.807) is 12.3 Å². The SMILES string of the molecule is NC1=NCN(CC(F)(F)F)n2ccc(-c3ccc(Nc4nc5nc(N6CCOCC6)ccc5[nH]4)cc3)c21. The smallest absolute Gasteiger partial charge is 0.382 e. The van der Waals surface area contributed by atoms with Crippen molar-refractivity contribution in [2.45, 2.75) is 6.18 Å². The van der Waals surface area contributed by atoms with Crippen LogP contribution in [0.4, 0.5) is 30.6 Å². The molecule has 13 heteroatoms. The number of benzene rings is 1. The number of anilines is 3. The molecule has 2 aliphatic heterocycles. The van der Waals surface area contributed by atoms with Gasteiger partial charge in [-0.15, -0.1) is 0 Å². The largest absolute Gasteiger partial charge is 0.407 e. The van der Waals surface area contributed by atoms with Crippen molar-refractivity contribution in [3.8, 4) is 11.1 Å². The fourth-order valence-corrected chi connectivity index (χ4v) is 4.56. The molecule has 192 valence electrons. The predicted molar refractivity (Wildman–Crippen MR) is 135 cm³/mol. The number of aromatic amines is 1. The van der Waals surface area contributed by atoms with Crippen molar-refractivity contribution in [2.24, 2.45) is 10.7 Å². The van der Waals surface area contributed by atoms with E-state index in [2.05, 4.69) is 30.2 Å². The van der Waals surface area contributed by atoms with Crippen LogP contribution in [0.15, 0.2) is 53.7 Å². The first-order valence-electron chi connectivity index (χ1n) is 11.7. The van der Waals surface area contributed by atoms with E-state index in [0.717, 1.165) is 40.7 Å². The lowest BCUT2D eigenvalue weighted by Gasteiger charge is -2.30. The van der Waals surface area contributed by atoms with Crippen LogP contribution in [0, 0.1) is 0 Å². The minimum atomic E-state index is -4.35. The third-order valence-electron chi connectivity index (χ3n) is 6.30. The molecule has 4 aromatic rings. The van der Waals surface area contributed by atoms with Crippen LogP contribution in [0.1, 0.15) is 5.69 Å². The van der Waals surface area contributed by atoms with E-state index in [0.29, 0.717) is 36.1 Å². The molecule has 0 amide bonds. The maximum Gasteiger partial charge on any atom is 0.407 e. The summed E-state index contributed by atoms with van der Waals surface area (Å²) in [5.41, 5.74) is 10.2. The van der Waals surface area contributed by atoms with E-state index >= 15 is 0 Å². The van der Waals surface area contributed by atoms with Crippen LogP contribution in [0.5, 0.6) is 0 Å². The average Bonchev–Trinajstić information content (AvgIpc) is 3.50. The number of nitrogens with one attached hydrogen (secondary N) is 2. The van der Waals surface area contributed by atoms with E-state index in [4.69, 9.17) is 10.5 Å². The molecule has 0 spiro atoms. The number of aliphatic imine (C=N–C) groups is 1. The molecule has 0 unspecified atom stereocenters. The molecule has 1 fully saturated rings. The van der Waals surface area contributed by atoms with Gasteiger partial charge in [-0.25, -0.2) is 9.98 Å². The molecule has 5 heterocycles. The van der Waals surface area contributed by atoms with Gasteiger partial charge in [-0.1, -0.05) is 12.1 Å². The number of nitrogens with two attached hydrogens (primary N) is 1. The fraction of sp³-hybridized carbons (Fsp3) is 0.292. The summed E-state index contributed by atoms with van der Waals surface area (Å²) >= 11 is 0. The molecule has 0 radical (unpaired) electrons. The summed E-state index contributed by atoms with van der Waals surface area (Å²) < 4.78 is 45.8. The van der Waals surface area contributed by atoms with Crippen molar-refractivity contribution >= 4 is 34.5 Å². The van der Waals surface area contributed by atoms with Gasteiger partial charge in [-0.05, 0) is 35.9 Å². The van der Waals surface area contributed by atoms with Crippen molar-refractivity contribution in [2.75, 3.05) is 54.7 Å². The molecular formula is C24H24F3N9O. The Morgan fingerprint density at radius 2 is 1.81 bits per heavy atom. The first-order valence-corrected chi connectivity index (χ1v) is 11.7. The number of aromatic nitrogens is 4. The van der Waals surface area contributed by atoms with Gasteiger partial charge in [0.1, 0.15) is 30.6 Å². The van der Waals surface area contributed by atoms with Crippen LogP contribution in [-0.4, -0.2) is 71.2 Å². The molecule has 37 heavy (non-hydrogen) atoms. The van der Waals surface area contributed by atoms with Crippen LogP contribution in [0.3, 0.4) is 0 Å². The molecule has 0 bridgehead atoms. The maximum atomic E-state index is 13.0. The van der Waals surface area contributed by atoms with Gasteiger partial charge in [0.15, 0.2) is 5.65 Å². The van der Waals surface area contributed by atoms with Gasteiger partial charge in [0, 0.05) is 30.5 Å². The standard InChI is InChI=1S/C24H24F3N9O/c25-24(26,27)13-35-14-29-21(28)20-17(7-8-36(20)35)15-1-3-16(4-2-15)30-23-31-18-5-6-19(32-22(18)33-23)34-9-11-37-12-10-34/h1-8H,9-14H2,(H2,28,29)(H2,30,31,32,33). The van der Waals surface area contributed by atoms with E-state index in [-0.39, 0.29) is 12.5 Å². The lowest BCUT2D eigenvalue weighted by molar-refractivity contribution is -0.122. The second-order valence-corrected chi connectivity index (χ2v) is 8.81. The Balaban J connectivity index is 1.21. The van der Waals surface area contributed by atoms with Crippen LogP contribution in [0.25, 0.3) is 22.3 Å². The van der Waals surface area contributed by atoms with Gasteiger partial charge in [0.25, 0.3) is 0 Å². The molecule has 4 N–H and O–H groups in total. The van der Waals surface area contributed by atoms with Gasteiger partial charge in [-0.3, -0.25) is 9.69 Å². The minimum absolute atomic E-state index is 0.157. The third-order valence-corrected chi connectivity index (χ3v) is 6.30. The van der Waals surface area contributed by atoms with E-state index in [9.17, 15) is 13.2 Å². The summed E-state index contributed by atoms with van der Waals surface area (Å²) in [4.78, 5) is 18.7. The molecule has 2 aliphatic rings. The lowest BCUT2D eigenvalue weighted by Crippen LogP contribution is -2.47. The van der Waals surface area contributed by atoms with Crippen molar-refractivity contribution in [3.63, 3.8) is 0 Å². The minimum Gasteiger partial charge on any atom is -0.382 e. The highest BCUT2D eigenvalue weighted by Gasteiger charge is 2.33. The Kier molecular flexibility index (Phi) is 5.63. The number of hydrogen-bond acceptors (Lipinski definition) is 8. The van der Waals surface area contributed by atoms with Gasteiger partial charge in [0.05, 0.1) is 18.7 Å². The van der Waals surface area contributed by atoms with Crippen LogP contribution < -0.4 is 21.0 Å². The first kappa shape index (κ1) is 23.2. The number of H-pyrrole nitrogens is 1. The molecule has 6 rings (SSSR count). The second kappa shape index (κ2) is 9.00. The van der Waals surface area contributed by atoms with Crippen molar-refractivity contribution in [1.82, 2.24) is 19.6 Å². The number of morpholine rings is 1. The molecule has 10 nitrogen and oxygen atoms in total. The number of rotatable bonds is 5. The summed E-state index contributed by atoms with van der Waals surface area (Å²) in [5, 5.41) is 4.34. The number of halogens is 3. The van der Waals surface area contributed by atoms with Gasteiger partial charge >= 0.3 is 6.18 Å². The summed E-state index contributed by atoms with van der Waals surface area (Å²) in [6.45, 7) is 1.68. The molecule has 1 aromatic carbocycles. The highest BCUT2D eigenvalue weighted by Crippen LogP contribution is 2.30. The Bertz CT molecular complexity index is 1450. The summed E-state index contributed by atoms with van der Waals surface area (Å²) in [5.74, 6) is 1.62. The number of nitrogens with zero attached hydrogens (tertiary/aromatic N) is 6. The molecule has 0 aliphatic carbocycles. The summed E-state index contributed by atoms with van der Waals surface area (Å²) in [6, 6.07) is 13.1. The highest BCUT2D eigenvalue weighted by atomic mass is 19.4. The average molecular weight is 512 g/mol. The zero-order chi connectivity index (χ0) is 25.6. The van der Waals surface area contributed by atoms with Gasteiger partial charge < -0.3 is 25.7 Å². The Labute approximate surface area is 209 Å². The Morgan fingerprint density at radius 3 is 2.57 bits per heavy atom. The van der Waals surface area contributed by atoms with E-state index in [1.807, 2.05) is 36.4 Å². The fourth-order valence-electron chi connectivity index (χ4n) is 4.56. The monoisotopic (exact) mass is 511 g/mol. The zero-order valence-corrected chi connectivity index (χ0v) is 19.7. The van der Waals surface area contributed by atoms with Crippen molar-refractivity contribution in [3.05, 3.63) is 54.4 Å². The number of pyridine rings is 1. The molecule has 0 atom stereocenters. The number of hydrogen-bond donors (Lipinski definition) is 3. The number of fused-ring (bicyclic) bond motifs is 2. The maximum absolute atomic E-state index is 13.0. The van der Waals surface area contributed by atoms with Crippen LogP contribution >= 0.6 is 0 Å². The van der Waals surface area contributed by atoms with Crippen LogP contribution in [-0.2, 0) is 4.74 Å². The summed E-state index contributed by atoms with van der Waals surface area (Å²) in [6.07, 6.45) is -2.77. The quantitative estimate of drug-likeness (QED) is 0.377. The molecule has 3 aromatic heterocycles. The third kappa shape index (κ3) is 4.65. The molecule has 1 saturated heterocycles. The van der Waals surface area contributed by atoms with Crippen molar-refractivity contribution in [1.29, 1.82) is 0 Å². The van der Waals surface area contributed by atoms with Crippen molar-refractivity contribution < 1.29 is 17.9 Å². The van der Waals surface area contributed by atoms with Gasteiger partial charge in [-0.2, -0.15) is 18.2 Å². The zero-order valence-electron chi connectivity index (χ0n) is 19.7. The second-order valence-electron chi connectivity index (χ2n) is 8.81. The Morgan fingerprint density at radius 1 is 1.03 bits per heavy atom. The normalized spacial score (nSPS) is 16.1. The molecule has 0 saturated carbocycles. The lowest BCUT2D eigenvalue weighted by atomic mass is 10.1. The van der Waals surface area contributed by atoms with E-state index in [1.165, 1.54) is 4.68 Å². The topological polar surface area (TPSA) is 113 Å². The van der Waals surface area contributed by atoms with E-state index < -0.39 is 12.7 Å². The van der Waals surface area contributed by atoms with Crippen LogP contribution in [0.2, 0.25) is 0 Å². The highest BCUT2D eigenvalue weighted by molar-refractivity contribution is 6.03. The van der Waals surface area contributed by atoms with Gasteiger partial charge in [0.2, 0.25) is 5.95 Å². The summed E-state index contributed by atoms with van der Waals surface area (Å²) in [7, 11) is 0.